The quantitative estimate of drug-likeness (QED) is 0.617. The number of rotatable bonds is 2. The first-order valence-electron chi connectivity index (χ1n) is 5.63. The molecule has 0 saturated carbocycles. The smallest absolute Gasteiger partial charge is 0.263 e. The molecular weight excluding hydrogens is 246 g/mol. The number of nitrogen functional groups attached to an aromatic ring is 1. The molecule has 0 radical (unpaired) electrons. The lowest BCUT2D eigenvalue weighted by atomic mass is 10.3. The third-order valence-electron chi connectivity index (χ3n) is 2.80. The van der Waals surface area contributed by atoms with Gasteiger partial charge in [0.25, 0.3) is 5.56 Å². The molecule has 0 aliphatic carbocycles. The number of aromatic amines is 1. The summed E-state index contributed by atoms with van der Waals surface area (Å²) >= 11 is 0. The first-order chi connectivity index (χ1) is 9.15. The van der Waals surface area contributed by atoms with Gasteiger partial charge in [0.1, 0.15) is 16.7 Å². The van der Waals surface area contributed by atoms with Gasteiger partial charge in [-0.05, 0) is 12.1 Å². The van der Waals surface area contributed by atoms with Crippen molar-refractivity contribution in [2.75, 3.05) is 5.73 Å². The van der Waals surface area contributed by atoms with E-state index < -0.39 is 5.56 Å². The molecule has 4 N–H and O–H groups in total. The fourth-order valence-electron chi connectivity index (χ4n) is 1.94. The summed E-state index contributed by atoms with van der Waals surface area (Å²) in [5.41, 5.74) is 6.59. The second kappa shape index (κ2) is 4.13. The lowest BCUT2D eigenvalue weighted by Gasteiger charge is -2.02. The maximum Gasteiger partial charge on any atom is 0.263 e. The highest BCUT2D eigenvalue weighted by molar-refractivity contribution is 5.88. The van der Waals surface area contributed by atoms with Gasteiger partial charge in [-0.15, -0.1) is 0 Å². The number of hydrogen-bond donors (Lipinski definition) is 3. The SMILES string of the molecule is Nc1c2c(=O)[nH]c(O)cc2nn1Cc1ccccn1. The van der Waals surface area contributed by atoms with Crippen molar-refractivity contribution in [3.63, 3.8) is 0 Å². The number of hydrogen-bond acceptors (Lipinski definition) is 5. The van der Waals surface area contributed by atoms with Crippen LogP contribution in [0.15, 0.2) is 35.3 Å². The summed E-state index contributed by atoms with van der Waals surface area (Å²) in [6, 6.07) is 6.88. The van der Waals surface area contributed by atoms with Crippen LogP contribution in [0.4, 0.5) is 5.82 Å². The van der Waals surface area contributed by atoms with E-state index in [1.165, 1.54) is 10.7 Å². The third-order valence-corrected chi connectivity index (χ3v) is 2.80. The van der Waals surface area contributed by atoms with Crippen molar-refractivity contribution in [2.24, 2.45) is 0 Å². The number of aromatic hydroxyl groups is 1. The molecule has 0 spiro atoms. The molecule has 0 fully saturated rings. The molecule has 3 aromatic heterocycles. The van der Waals surface area contributed by atoms with Crippen molar-refractivity contribution in [3.05, 3.63) is 46.5 Å². The molecule has 19 heavy (non-hydrogen) atoms. The molecule has 96 valence electrons. The van der Waals surface area contributed by atoms with E-state index >= 15 is 0 Å². The Kier molecular flexibility index (Phi) is 2.45. The molecular formula is C12H11N5O2. The highest BCUT2D eigenvalue weighted by atomic mass is 16.3. The summed E-state index contributed by atoms with van der Waals surface area (Å²) in [4.78, 5) is 18.2. The second-order valence-electron chi connectivity index (χ2n) is 4.11. The molecule has 3 rings (SSSR count). The van der Waals surface area contributed by atoms with E-state index in [4.69, 9.17) is 5.73 Å². The molecule has 0 atom stereocenters. The van der Waals surface area contributed by atoms with Gasteiger partial charge in [-0.2, -0.15) is 5.10 Å². The number of H-pyrrole nitrogens is 1. The Morgan fingerprint density at radius 1 is 1.42 bits per heavy atom. The fourth-order valence-corrected chi connectivity index (χ4v) is 1.94. The third kappa shape index (κ3) is 1.90. The van der Waals surface area contributed by atoms with Crippen LogP contribution in [0.1, 0.15) is 5.69 Å². The zero-order valence-corrected chi connectivity index (χ0v) is 9.87. The monoisotopic (exact) mass is 257 g/mol. The van der Waals surface area contributed by atoms with E-state index in [1.807, 2.05) is 18.2 Å². The van der Waals surface area contributed by atoms with E-state index in [0.29, 0.717) is 12.1 Å². The average molecular weight is 257 g/mol. The lowest BCUT2D eigenvalue weighted by molar-refractivity contribution is 0.453. The fraction of sp³-hybridized carbons (Fsp3) is 0.0833. The van der Waals surface area contributed by atoms with E-state index in [2.05, 4.69) is 15.1 Å². The maximum absolute atomic E-state index is 11.7. The van der Waals surface area contributed by atoms with Crippen molar-refractivity contribution in [2.45, 2.75) is 6.54 Å². The van der Waals surface area contributed by atoms with Gasteiger partial charge in [0.2, 0.25) is 0 Å². The predicted octanol–water partition coefficient (Wildman–Crippen LogP) is 0.456. The summed E-state index contributed by atoms with van der Waals surface area (Å²) in [6.45, 7) is 0.363. The van der Waals surface area contributed by atoms with E-state index in [9.17, 15) is 9.90 Å². The van der Waals surface area contributed by atoms with Gasteiger partial charge in [-0.1, -0.05) is 6.07 Å². The molecule has 0 aromatic carbocycles. The maximum atomic E-state index is 11.7. The Bertz CT molecular complexity index is 791. The highest BCUT2D eigenvalue weighted by Crippen LogP contribution is 2.19. The van der Waals surface area contributed by atoms with Crippen molar-refractivity contribution in [1.29, 1.82) is 0 Å². The molecule has 0 unspecified atom stereocenters. The Hall–Kier alpha value is -2.83. The van der Waals surface area contributed by atoms with E-state index in [1.54, 1.807) is 6.20 Å². The molecule has 7 nitrogen and oxygen atoms in total. The molecule has 7 heteroatoms. The van der Waals surface area contributed by atoms with Crippen LogP contribution >= 0.6 is 0 Å². The zero-order chi connectivity index (χ0) is 13.4. The molecule has 0 saturated heterocycles. The minimum absolute atomic E-state index is 0.236. The molecule has 0 aliphatic heterocycles. The first-order valence-corrected chi connectivity index (χ1v) is 5.63. The molecule has 3 heterocycles. The van der Waals surface area contributed by atoms with Crippen LogP contribution in [0.25, 0.3) is 10.9 Å². The number of pyridine rings is 2. The number of aromatic nitrogens is 4. The van der Waals surface area contributed by atoms with Gasteiger partial charge in [0, 0.05) is 12.3 Å². The van der Waals surface area contributed by atoms with Gasteiger partial charge in [0.15, 0.2) is 5.88 Å². The Morgan fingerprint density at radius 2 is 2.26 bits per heavy atom. The molecule has 3 aromatic rings. The number of nitrogens with zero attached hydrogens (tertiary/aromatic N) is 3. The Morgan fingerprint density at radius 3 is 3.00 bits per heavy atom. The lowest BCUT2D eigenvalue weighted by Crippen LogP contribution is -2.09. The van der Waals surface area contributed by atoms with Crippen LogP contribution in [0.3, 0.4) is 0 Å². The Balaban J connectivity index is 2.13. The second-order valence-corrected chi connectivity index (χ2v) is 4.11. The summed E-state index contributed by atoms with van der Waals surface area (Å²) in [6.07, 6.45) is 1.67. The predicted molar refractivity (Wildman–Crippen MR) is 69.8 cm³/mol. The minimum Gasteiger partial charge on any atom is -0.494 e. The summed E-state index contributed by atoms with van der Waals surface area (Å²) < 4.78 is 1.49. The highest BCUT2D eigenvalue weighted by Gasteiger charge is 2.13. The summed E-state index contributed by atoms with van der Waals surface area (Å²) in [7, 11) is 0. The summed E-state index contributed by atoms with van der Waals surface area (Å²) in [5, 5.41) is 13.8. The van der Waals surface area contributed by atoms with Crippen molar-refractivity contribution < 1.29 is 5.11 Å². The van der Waals surface area contributed by atoms with Crippen LogP contribution in [0.5, 0.6) is 5.88 Å². The van der Waals surface area contributed by atoms with Gasteiger partial charge in [0.05, 0.1) is 12.2 Å². The molecule has 0 aliphatic rings. The van der Waals surface area contributed by atoms with Crippen LogP contribution in [0, 0.1) is 0 Å². The number of fused-ring (bicyclic) bond motifs is 1. The standard InChI is InChI=1S/C12H11N5O2/c13-11-10-8(5-9(18)15-12(10)19)16-17(11)6-7-3-1-2-4-14-7/h1-5,18H,6,13H2,(H,15,19). The van der Waals surface area contributed by atoms with Crippen molar-refractivity contribution >= 4 is 16.7 Å². The van der Waals surface area contributed by atoms with E-state index in [-0.39, 0.29) is 17.1 Å². The number of anilines is 1. The van der Waals surface area contributed by atoms with Crippen LogP contribution in [-0.2, 0) is 6.54 Å². The molecule has 0 amide bonds. The number of nitrogens with one attached hydrogen (secondary N) is 1. The number of nitrogens with two attached hydrogens (primary N) is 1. The van der Waals surface area contributed by atoms with Crippen LogP contribution in [-0.4, -0.2) is 24.9 Å². The normalized spacial score (nSPS) is 10.9. The van der Waals surface area contributed by atoms with Gasteiger partial charge >= 0.3 is 0 Å². The van der Waals surface area contributed by atoms with Crippen molar-refractivity contribution in [3.8, 4) is 5.88 Å². The van der Waals surface area contributed by atoms with Crippen LogP contribution in [0.2, 0.25) is 0 Å². The topological polar surface area (TPSA) is 110 Å². The zero-order valence-electron chi connectivity index (χ0n) is 9.87. The van der Waals surface area contributed by atoms with E-state index in [0.717, 1.165) is 5.69 Å². The Labute approximate surface area is 107 Å². The largest absolute Gasteiger partial charge is 0.494 e. The minimum atomic E-state index is -0.459. The van der Waals surface area contributed by atoms with Crippen molar-refractivity contribution in [1.82, 2.24) is 19.7 Å². The average Bonchev–Trinajstić information content (AvgIpc) is 2.67. The van der Waals surface area contributed by atoms with Gasteiger partial charge < -0.3 is 10.8 Å². The summed E-state index contributed by atoms with van der Waals surface area (Å²) in [5.74, 6) is 0.0156. The van der Waals surface area contributed by atoms with Crippen LogP contribution < -0.4 is 11.3 Å². The first kappa shape index (κ1) is 11.3. The molecule has 0 bridgehead atoms. The van der Waals surface area contributed by atoms with Gasteiger partial charge in [-0.25, -0.2) is 4.68 Å². The van der Waals surface area contributed by atoms with Gasteiger partial charge in [-0.3, -0.25) is 14.8 Å².